The summed E-state index contributed by atoms with van der Waals surface area (Å²) in [6.45, 7) is 5.76. The van der Waals surface area contributed by atoms with Crippen molar-refractivity contribution in [2.24, 2.45) is 0 Å². The molecule has 9 heteroatoms. The van der Waals surface area contributed by atoms with Gasteiger partial charge in [0.15, 0.2) is 0 Å². The number of sulfonamides is 1. The molecule has 206 valence electrons. The Hall–Kier alpha value is -3.69. The van der Waals surface area contributed by atoms with Gasteiger partial charge in [-0.2, -0.15) is 0 Å². The summed E-state index contributed by atoms with van der Waals surface area (Å²) in [7, 11) is -3.95. The van der Waals surface area contributed by atoms with E-state index in [1.807, 2.05) is 60.7 Å². The molecule has 0 saturated carbocycles. The molecule has 0 aromatic heterocycles. The summed E-state index contributed by atoms with van der Waals surface area (Å²) in [4.78, 5) is 28.2. The standard InChI is InChI=1S/C30H35N3O5S/c1-30(2,3)38-29(35)33-21-13-20-25(33)28(34)31-26(22-14-7-4-8-15-22)27(23-16-9-5-10-17-23)32-39(36,37)24-18-11-6-12-19-24/h4-12,14-19,25-27,32H,13,20-21H2,1-3H3,(H,31,34)/t25-,26-,27+/m0/s1. The highest BCUT2D eigenvalue weighted by Crippen LogP contribution is 2.32. The van der Waals surface area contributed by atoms with E-state index in [1.54, 1.807) is 39.0 Å². The molecule has 2 amide bonds. The van der Waals surface area contributed by atoms with E-state index in [4.69, 9.17) is 4.74 Å². The molecule has 0 unspecified atom stereocenters. The largest absolute Gasteiger partial charge is 0.444 e. The lowest BCUT2D eigenvalue weighted by molar-refractivity contribution is -0.126. The Bertz CT molecular complexity index is 1360. The minimum atomic E-state index is -3.95. The van der Waals surface area contributed by atoms with E-state index < -0.39 is 39.8 Å². The van der Waals surface area contributed by atoms with Gasteiger partial charge in [0.05, 0.1) is 17.0 Å². The maximum Gasteiger partial charge on any atom is 0.410 e. The minimum absolute atomic E-state index is 0.121. The molecular formula is C30H35N3O5S. The van der Waals surface area contributed by atoms with Crippen LogP contribution in [0.15, 0.2) is 95.9 Å². The highest BCUT2D eigenvalue weighted by molar-refractivity contribution is 7.89. The number of nitrogens with one attached hydrogen (secondary N) is 2. The van der Waals surface area contributed by atoms with E-state index in [0.717, 1.165) is 5.56 Å². The first kappa shape index (κ1) is 28.3. The molecule has 0 bridgehead atoms. The summed E-state index contributed by atoms with van der Waals surface area (Å²) in [6, 6.07) is 24.2. The number of benzene rings is 3. The molecule has 0 radical (unpaired) electrons. The lowest BCUT2D eigenvalue weighted by atomic mass is 9.93. The number of nitrogens with zero attached hydrogens (tertiary/aromatic N) is 1. The third-order valence-electron chi connectivity index (χ3n) is 6.47. The Morgan fingerprint density at radius 2 is 1.36 bits per heavy atom. The van der Waals surface area contributed by atoms with Crippen molar-refractivity contribution in [1.29, 1.82) is 0 Å². The molecule has 1 heterocycles. The SMILES string of the molecule is CC(C)(C)OC(=O)N1CCC[C@H]1C(=O)N[C@@H](c1ccccc1)[C@H](NS(=O)(=O)c1ccccc1)c1ccccc1. The van der Waals surface area contributed by atoms with Crippen molar-refractivity contribution < 1.29 is 22.7 Å². The maximum atomic E-state index is 13.7. The highest BCUT2D eigenvalue weighted by atomic mass is 32.2. The number of carbonyl (C=O) groups excluding carboxylic acids is 2. The Balaban J connectivity index is 1.69. The molecule has 0 aliphatic carbocycles. The molecule has 4 rings (SSSR count). The summed E-state index contributed by atoms with van der Waals surface area (Å²) >= 11 is 0. The van der Waals surface area contributed by atoms with Crippen LogP contribution in [0.2, 0.25) is 0 Å². The van der Waals surface area contributed by atoms with Gasteiger partial charge >= 0.3 is 6.09 Å². The molecular weight excluding hydrogens is 514 g/mol. The monoisotopic (exact) mass is 549 g/mol. The number of ether oxygens (including phenoxy) is 1. The fourth-order valence-corrected chi connectivity index (χ4v) is 5.93. The smallest absolute Gasteiger partial charge is 0.410 e. The van der Waals surface area contributed by atoms with E-state index in [2.05, 4.69) is 10.0 Å². The molecule has 1 aliphatic rings. The Morgan fingerprint density at radius 1 is 0.846 bits per heavy atom. The molecule has 1 fully saturated rings. The van der Waals surface area contributed by atoms with Gasteiger partial charge in [-0.15, -0.1) is 0 Å². The first-order valence-corrected chi connectivity index (χ1v) is 14.5. The molecule has 3 aromatic rings. The fraction of sp³-hybridized carbons (Fsp3) is 0.333. The van der Waals surface area contributed by atoms with E-state index >= 15 is 0 Å². The van der Waals surface area contributed by atoms with Gasteiger partial charge < -0.3 is 10.1 Å². The number of carbonyl (C=O) groups is 2. The molecule has 3 aromatic carbocycles. The second-order valence-electron chi connectivity index (χ2n) is 10.6. The Kier molecular flexibility index (Phi) is 8.72. The summed E-state index contributed by atoms with van der Waals surface area (Å²) < 4.78 is 35.3. The quantitative estimate of drug-likeness (QED) is 0.413. The lowest BCUT2D eigenvalue weighted by Crippen LogP contribution is -2.50. The van der Waals surface area contributed by atoms with Crippen LogP contribution >= 0.6 is 0 Å². The first-order chi connectivity index (χ1) is 18.5. The van der Waals surface area contributed by atoms with Gasteiger partial charge in [0.2, 0.25) is 15.9 Å². The van der Waals surface area contributed by atoms with Crippen LogP contribution in [0, 0.1) is 0 Å². The summed E-state index contributed by atoms with van der Waals surface area (Å²) in [5.74, 6) is -0.368. The van der Waals surface area contributed by atoms with E-state index in [1.165, 1.54) is 17.0 Å². The van der Waals surface area contributed by atoms with Crippen LogP contribution in [0.4, 0.5) is 4.79 Å². The van der Waals surface area contributed by atoms with Crippen LogP contribution in [0.25, 0.3) is 0 Å². The van der Waals surface area contributed by atoms with Crippen molar-refractivity contribution in [3.8, 4) is 0 Å². The second-order valence-corrected chi connectivity index (χ2v) is 12.3. The summed E-state index contributed by atoms with van der Waals surface area (Å²) in [6.07, 6.45) is 0.606. The predicted molar refractivity (Wildman–Crippen MR) is 149 cm³/mol. The van der Waals surface area contributed by atoms with Crippen molar-refractivity contribution in [3.63, 3.8) is 0 Å². The van der Waals surface area contributed by atoms with Gasteiger partial charge in [-0.25, -0.2) is 17.9 Å². The van der Waals surface area contributed by atoms with E-state index in [-0.39, 0.29) is 10.8 Å². The lowest BCUT2D eigenvalue weighted by Gasteiger charge is -2.32. The van der Waals surface area contributed by atoms with Gasteiger partial charge in [-0.1, -0.05) is 78.9 Å². The Labute approximate surface area is 230 Å². The Morgan fingerprint density at radius 3 is 1.90 bits per heavy atom. The van der Waals surface area contributed by atoms with Crippen LogP contribution in [-0.2, 0) is 19.6 Å². The number of likely N-dealkylation sites (tertiary alicyclic amines) is 1. The number of hydrogen-bond donors (Lipinski definition) is 2. The third kappa shape index (κ3) is 7.25. The van der Waals surface area contributed by atoms with Crippen LogP contribution < -0.4 is 10.0 Å². The minimum Gasteiger partial charge on any atom is -0.444 e. The van der Waals surface area contributed by atoms with Gasteiger partial charge in [0.25, 0.3) is 0 Å². The van der Waals surface area contributed by atoms with Gasteiger partial charge in [0.1, 0.15) is 11.6 Å². The van der Waals surface area contributed by atoms with E-state index in [0.29, 0.717) is 24.9 Å². The predicted octanol–water partition coefficient (Wildman–Crippen LogP) is 4.96. The van der Waals surface area contributed by atoms with Gasteiger partial charge in [0, 0.05) is 6.54 Å². The van der Waals surface area contributed by atoms with E-state index in [9.17, 15) is 18.0 Å². The zero-order valence-corrected chi connectivity index (χ0v) is 23.2. The molecule has 8 nitrogen and oxygen atoms in total. The number of amides is 2. The average molecular weight is 550 g/mol. The normalized spacial score (nSPS) is 17.3. The van der Waals surface area contributed by atoms with Crippen LogP contribution in [0.5, 0.6) is 0 Å². The molecule has 3 atom stereocenters. The first-order valence-electron chi connectivity index (χ1n) is 13.0. The molecule has 1 aliphatic heterocycles. The zero-order chi connectivity index (χ0) is 28.0. The molecule has 39 heavy (non-hydrogen) atoms. The highest BCUT2D eigenvalue weighted by Gasteiger charge is 2.39. The van der Waals surface area contributed by atoms with Gasteiger partial charge in [-0.3, -0.25) is 9.69 Å². The third-order valence-corrected chi connectivity index (χ3v) is 7.92. The molecule has 1 saturated heterocycles. The maximum absolute atomic E-state index is 13.7. The average Bonchev–Trinajstić information content (AvgIpc) is 3.42. The number of hydrogen-bond acceptors (Lipinski definition) is 5. The van der Waals surface area contributed by atoms with Gasteiger partial charge in [-0.05, 0) is 56.9 Å². The number of rotatable bonds is 8. The van der Waals surface area contributed by atoms with Crippen molar-refractivity contribution in [3.05, 3.63) is 102 Å². The van der Waals surface area contributed by atoms with Crippen molar-refractivity contribution in [1.82, 2.24) is 14.9 Å². The van der Waals surface area contributed by atoms with Crippen molar-refractivity contribution in [2.45, 2.75) is 62.2 Å². The summed E-state index contributed by atoms with van der Waals surface area (Å²) in [5, 5.41) is 3.08. The molecule has 2 N–H and O–H groups in total. The molecule has 0 spiro atoms. The van der Waals surface area contributed by atoms with Crippen LogP contribution in [0.1, 0.15) is 56.8 Å². The second kappa shape index (κ2) is 12.0. The van der Waals surface area contributed by atoms with Crippen molar-refractivity contribution >= 4 is 22.0 Å². The topological polar surface area (TPSA) is 105 Å². The fourth-order valence-electron chi connectivity index (χ4n) is 4.67. The van der Waals surface area contributed by atoms with Crippen molar-refractivity contribution in [2.75, 3.05) is 6.54 Å². The van der Waals surface area contributed by atoms with Crippen LogP contribution in [-0.4, -0.2) is 43.5 Å². The van der Waals surface area contributed by atoms with Crippen LogP contribution in [0.3, 0.4) is 0 Å². The summed E-state index contributed by atoms with van der Waals surface area (Å²) in [5.41, 5.74) is 0.709. The zero-order valence-electron chi connectivity index (χ0n) is 22.4.